The number of aromatic nitrogens is 1. The molecule has 1 aliphatic heterocycles. The molecule has 44 heavy (non-hydrogen) atoms. The second-order valence-electron chi connectivity index (χ2n) is 12.0. The number of hydrogen-bond donors (Lipinski definition) is 0. The van der Waals surface area contributed by atoms with Crippen LogP contribution in [0.2, 0.25) is 5.02 Å². The lowest BCUT2D eigenvalue weighted by Crippen LogP contribution is -2.32. The molecule has 3 aliphatic rings. The Morgan fingerprint density at radius 2 is 1.64 bits per heavy atom. The van der Waals surface area contributed by atoms with E-state index in [1.165, 1.54) is 10.5 Å². The van der Waals surface area contributed by atoms with Crippen molar-refractivity contribution in [3.63, 3.8) is 0 Å². The fraction of sp³-hybridized carbons (Fsp3) is 0.250. The highest BCUT2D eigenvalue weighted by Crippen LogP contribution is 2.56. The van der Waals surface area contributed by atoms with E-state index in [1.807, 2.05) is 32.9 Å². The molecule has 4 atom stereocenters. The Bertz CT molecular complexity index is 1930. The molecular weight excluding hydrogens is 576 g/mol. The molecule has 2 amide bonds. The number of nitrogens with zero attached hydrogens (tertiary/aromatic N) is 2. The number of carbonyl (C=O) groups excluding carboxylic acids is 4. The zero-order valence-corrected chi connectivity index (χ0v) is 25.2. The lowest BCUT2D eigenvalue weighted by molar-refractivity contribution is -0.123. The van der Waals surface area contributed by atoms with E-state index < -0.39 is 12.6 Å². The van der Waals surface area contributed by atoms with Crippen molar-refractivity contribution in [2.75, 3.05) is 11.5 Å². The summed E-state index contributed by atoms with van der Waals surface area (Å²) < 4.78 is 5.48. The van der Waals surface area contributed by atoms with E-state index in [9.17, 15) is 19.2 Å². The number of amides is 2. The summed E-state index contributed by atoms with van der Waals surface area (Å²) in [6.07, 6.45) is 3.04. The fourth-order valence-corrected chi connectivity index (χ4v) is 7.22. The molecule has 3 aromatic carbocycles. The van der Waals surface area contributed by atoms with Gasteiger partial charge in [0.1, 0.15) is 0 Å². The summed E-state index contributed by atoms with van der Waals surface area (Å²) in [5, 5.41) is 1.06. The Kier molecular flexibility index (Phi) is 6.74. The van der Waals surface area contributed by atoms with Crippen molar-refractivity contribution in [1.82, 2.24) is 4.98 Å². The van der Waals surface area contributed by atoms with Crippen molar-refractivity contribution < 1.29 is 23.9 Å². The molecule has 0 radical (unpaired) electrons. The van der Waals surface area contributed by atoms with Gasteiger partial charge in [-0.15, -0.1) is 0 Å². The molecule has 2 aliphatic carbocycles. The number of hydrogen-bond acceptors (Lipinski definition) is 6. The number of rotatable bonds is 6. The second kappa shape index (κ2) is 10.5. The number of ether oxygens (including phenoxy) is 1. The topological polar surface area (TPSA) is 93.6 Å². The maximum Gasteiger partial charge on any atom is 0.339 e. The number of carbonyl (C=O) groups is 4. The SMILES string of the molecule is CC1=CC2CC1C1C(=O)N(c3ccc(-c4cc(C(=O)OCC(=O)c5ccc(C)cc5)c5ccc(Cl)c(C)c5n4)cc3)C(=O)C21. The summed E-state index contributed by atoms with van der Waals surface area (Å²) >= 11 is 6.42. The predicted octanol–water partition coefficient (Wildman–Crippen LogP) is 6.91. The Labute approximate surface area is 259 Å². The minimum atomic E-state index is -0.657. The van der Waals surface area contributed by atoms with Crippen LogP contribution in [-0.4, -0.2) is 35.2 Å². The van der Waals surface area contributed by atoms with Gasteiger partial charge in [0.25, 0.3) is 0 Å². The second-order valence-corrected chi connectivity index (χ2v) is 12.4. The van der Waals surface area contributed by atoms with E-state index in [1.54, 1.807) is 54.6 Å². The molecule has 1 saturated carbocycles. The van der Waals surface area contributed by atoms with Crippen LogP contribution in [0.3, 0.4) is 0 Å². The van der Waals surface area contributed by atoms with Gasteiger partial charge in [-0.1, -0.05) is 71.3 Å². The third kappa shape index (κ3) is 4.46. The molecule has 4 unspecified atom stereocenters. The Morgan fingerprint density at radius 1 is 0.932 bits per heavy atom. The lowest BCUT2D eigenvalue weighted by atomic mass is 9.82. The Balaban J connectivity index is 1.18. The van der Waals surface area contributed by atoms with Crippen molar-refractivity contribution >= 4 is 51.8 Å². The minimum absolute atomic E-state index is 0.132. The molecule has 2 heterocycles. The quantitative estimate of drug-likeness (QED) is 0.103. The standard InChI is InChI=1S/C36H29ClN2O5/c1-18-4-6-22(7-5-18)30(40)17-44-36(43)27-16-29(38-33-20(3)28(37)13-12-25(27)33)21-8-10-24(11-9-21)39-34(41)31-23-14-19(2)26(15-23)32(31)35(39)42/h4-14,16,23,26,31-32H,15,17H2,1-3H3. The van der Waals surface area contributed by atoms with E-state index in [4.69, 9.17) is 21.3 Å². The van der Waals surface area contributed by atoms with Crippen LogP contribution in [0.5, 0.6) is 0 Å². The summed E-state index contributed by atoms with van der Waals surface area (Å²) in [4.78, 5) is 59.0. The zero-order chi connectivity index (χ0) is 30.9. The highest BCUT2D eigenvalue weighted by Gasteiger charge is 2.60. The Hall–Kier alpha value is -4.62. The highest BCUT2D eigenvalue weighted by atomic mass is 35.5. The smallest absolute Gasteiger partial charge is 0.339 e. The van der Waals surface area contributed by atoms with E-state index in [0.29, 0.717) is 44.0 Å². The van der Waals surface area contributed by atoms with Crippen molar-refractivity contribution in [3.05, 3.63) is 106 Å². The number of aryl methyl sites for hydroxylation is 2. The number of imide groups is 1. The molecule has 4 aromatic rings. The summed E-state index contributed by atoms with van der Waals surface area (Å²) in [6.45, 7) is 5.40. The van der Waals surface area contributed by atoms with Crippen LogP contribution in [0.15, 0.2) is 78.4 Å². The van der Waals surface area contributed by atoms with Crippen LogP contribution in [0.4, 0.5) is 5.69 Å². The van der Waals surface area contributed by atoms with Crippen molar-refractivity contribution in [2.45, 2.75) is 27.2 Å². The number of halogens is 1. The molecule has 0 spiro atoms. The first-order valence-corrected chi connectivity index (χ1v) is 15.0. The molecule has 0 N–H and O–H groups in total. The minimum Gasteiger partial charge on any atom is -0.454 e. The maximum absolute atomic E-state index is 13.4. The van der Waals surface area contributed by atoms with Crippen LogP contribution in [0, 0.1) is 37.5 Å². The van der Waals surface area contributed by atoms with Crippen LogP contribution in [0.1, 0.15) is 45.2 Å². The van der Waals surface area contributed by atoms with Crippen LogP contribution in [-0.2, 0) is 14.3 Å². The van der Waals surface area contributed by atoms with Gasteiger partial charge in [0.15, 0.2) is 12.4 Å². The lowest BCUT2D eigenvalue weighted by Gasteiger charge is -2.19. The number of ketones is 1. The summed E-state index contributed by atoms with van der Waals surface area (Å²) in [6, 6.07) is 19.2. The van der Waals surface area contributed by atoms with E-state index in [0.717, 1.165) is 12.0 Å². The maximum atomic E-state index is 13.4. The summed E-state index contributed by atoms with van der Waals surface area (Å²) in [5.74, 6) is -1.51. The summed E-state index contributed by atoms with van der Waals surface area (Å²) in [7, 11) is 0. The molecule has 2 fully saturated rings. The monoisotopic (exact) mass is 604 g/mol. The molecule has 2 bridgehead atoms. The molecule has 1 aromatic heterocycles. The van der Waals surface area contributed by atoms with Gasteiger partial charge in [0.05, 0.1) is 34.3 Å². The molecule has 7 nitrogen and oxygen atoms in total. The first kappa shape index (κ1) is 28.2. The zero-order valence-electron chi connectivity index (χ0n) is 24.5. The van der Waals surface area contributed by atoms with E-state index in [2.05, 4.69) is 6.08 Å². The number of fused-ring (bicyclic) bond motifs is 6. The average molecular weight is 605 g/mol. The average Bonchev–Trinajstić information content (AvgIpc) is 3.67. The normalized spacial score (nSPS) is 22.0. The van der Waals surface area contributed by atoms with Gasteiger partial charge in [-0.05, 0) is 68.9 Å². The third-order valence-corrected chi connectivity index (χ3v) is 9.81. The van der Waals surface area contributed by atoms with Gasteiger partial charge in [-0.2, -0.15) is 0 Å². The van der Waals surface area contributed by atoms with Crippen molar-refractivity contribution in [1.29, 1.82) is 0 Å². The highest BCUT2D eigenvalue weighted by molar-refractivity contribution is 6.32. The van der Waals surface area contributed by atoms with Gasteiger partial charge in [0, 0.05) is 21.5 Å². The molecule has 7 rings (SSSR count). The largest absolute Gasteiger partial charge is 0.454 e. The van der Waals surface area contributed by atoms with E-state index >= 15 is 0 Å². The van der Waals surface area contributed by atoms with Gasteiger partial charge < -0.3 is 4.74 Å². The van der Waals surface area contributed by atoms with Gasteiger partial charge in [-0.25, -0.2) is 9.78 Å². The van der Waals surface area contributed by atoms with Gasteiger partial charge in [0.2, 0.25) is 11.8 Å². The van der Waals surface area contributed by atoms with Crippen LogP contribution >= 0.6 is 11.6 Å². The van der Waals surface area contributed by atoms with Crippen molar-refractivity contribution in [3.8, 4) is 11.3 Å². The van der Waals surface area contributed by atoms with Crippen molar-refractivity contribution in [2.24, 2.45) is 23.7 Å². The fourth-order valence-electron chi connectivity index (χ4n) is 7.06. The summed E-state index contributed by atoms with van der Waals surface area (Å²) in [5.41, 5.74) is 5.86. The number of Topliss-reactive ketones (excluding diaryl/α,β-unsaturated/α-hetero) is 1. The number of esters is 1. The van der Waals surface area contributed by atoms with Gasteiger partial charge >= 0.3 is 5.97 Å². The van der Waals surface area contributed by atoms with E-state index in [-0.39, 0.29) is 46.8 Å². The van der Waals surface area contributed by atoms with Gasteiger partial charge in [-0.3, -0.25) is 19.3 Å². The number of benzene rings is 3. The predicted molar refractivity (Wildman–Crippen MR) is 168 cm³/mol. The Morgan fingerprint density at radius 3 is 2.36 bits per heavy atom. The van der Waals surface area contributed by atoms with Crippen LogP contribution < -0.4 is 4.90 Å². The molecule has 220 valence electrons. The first-order valence-electron chi connectivity index (χ1n) is 14.7. The number of anilines is 1. The number of allylic oxidation sites excluding steroid dienone is 2. The molecule has 8 heteroatoms. The third-order valence-electron chi connectivity index (χ3n) is 9.40. The first-order chi connectivity index (χ1) is 21.1. The van der Waals surface area contributed by atoms with Crippen LogP contribution in [0.25, 0.3) is 22.2 Å². The molecular formula is C36H29ClN2O5. The molecule has 1 saturated heterocycles. The number of pyridine rings is 1.